The van der Waals surface area contributed by atoms with Gasteiger partial charge in [-0.05, 0) is 59.2 Å². The fourth-order valence-electron chi connectivity index (χ4n) is 3.78. The molecule has 0 saturated carbocycles. The van der Waals surface area contributed by atoms with Gasteiger partial charge in [-0.1, -0.05) is 30.7 Å². The summed E-state index contributed by atoms with van der Waals surface area (Å²) in [5, 5.41) is 12.8. The number of hydrogen-bond donors (Lipinski definition) is 0. The van der Waals surface area contributed by atoms with E-state index in [0.29, 0.717) is 22.3 Å². The topological polar surface area (TPSA) is 89.0 Å². The molecule has 0 aliphatic carbocycles. The number of tetrazole rings is 1. The molecule has 0 aliphatic rings. The van der Waals surface area contributed by atoms with Crippen molar-refractivity contribution >= 4 is 11.6 Å². The minimum atomic E-state index is -0.312. The highest BCUT2D eigenvalue weighted by atomic mass is 35.5. The van der Waals surface area contributed by atoms with Gasteiger partial charge in [0, 0.05) is 25.2 Å². The van der Waals surface area contributed by atoms with Crippen molar-refractivity contribution in [3.05, 3.63) is 68.6 Å². The van der Waals surface area contributed by atoms with E-state index in [1.165, 1.54) is 9.36 Å². The maximum atomic E-state index is 12.4. The Bertz CT molecular complexity index is 1370. The van der Waals surface area contributed by atoms with Gasteiger partial charge in [-0.25, -0.2) is 9.48 Å². The number of benzene rings is 2. The molecule has 2 aromatic carbocycles. The van der Waals surface area contributed by atoms with E-state index < -0.39 is 0 Å². The van der Waals surface area contributed by atoms with E-state index >= 15 is 0 Å². The SMILES string of the molecule is CCc1cccc(-n2nnn(C)c2=O)c1COc1ccc(-c2nn(C)c(OC)c2Cl)cc1C. The number of halogens is 1. The van der Waals surface area contributed by atoms with Crippen molar-refractivity contribution in [2.24, 2.45) is 14.1 Å². The smallest absolute Gasteiger partial charge is 0.368 e. The summed E-state index contributed by atoms with van der Waals surface area (Å²) >= 11 is 6.44. The molecule has 0 aliphatic heterocycles. The molecular weight excluding hydrogens is 444 g/mol. The van der Waals surface area contributed by atoms with Crippen LogP contribution in [0.2, 0.25) is 5.02 Å². The van der Waals surface area contributed by atoms with E-state index in [0.717, 1.165) is 34.4 Å². The van der Waals surface area contributed by atoms with Crippen molar-refractivity contribution in [3.8, 4) is 28.6 Å². The zero-order valence-electron chi connectivity index (χ0n) is 19.2. The summed E-state index contributed by atoms with van der Waals surface area (Å²) < 4.78 is 15.6. The van der Waals surface area contributed by atoms with E-state index in [-0.39, 0.29) is 12.3 Å². The maximum Gasteiger partial charge on any atom is 0.368 e. The summed E-state index contributed by atoms with van der Waals surface area (Å²) in [5.74, 6) is 1.23. The monoisotopic (exact) mass is 468 g/mol. The second-order valence-electron chi connectivity index (χ2n) is 7.63. The first-order chi connectivity index (χ1) is 15.8. The molecule has 0 fully saturated rings. The summed E-state index contributed by atoms with van der Waals surface area (Å²) in [6.07, 6.45) is 0.791. The first-order valence-electron chi connectivity index (χ1n) is 10.5. The van der Waals surface area contributed by atoms with Gasteiger partial charge in [0.05, 0.1) is 12.8 Å². The van der Waals surface area contributed by atoms with E-state index in [2.05, 4.69) is 22.4 Å². The third-order valence-electron chi connectivity index (χ3n) is 5.53. The van der Waals surface area contributed by atoms with E-state index in [4.69, 9.17) is 21.1 Å². The molecule has 0 bridgehead atoms. The van der Waals surface area contributed by atoms with Crippen molar-refractivity contribution < 1.29 is 9.47 Å². The number of rotatable bonds is 7. The minimum absolute atomic E-state index is 0.278. The Balaban J connectivity index is 1.64. The molecule has 0 atom stereocenters. The normalized spacial score (nSPS) is 11.1. The standard InChI is InChI=1S/C23H25ClN6O3/c1-6-15-8-7-9-18(30-23(31)29(4)26-27-30)17(15)13-33-19-11-10-16(12-14(19)2)21-20(24)22(32-5)28(3)25-21/h7-12H,6,13H2,1-5H3. The van der Waals surface area contributed by atoms with Crippen molar-refractivity contribution in [1.29, 1.82) is 0 Å². The highest BCUT2D eigenvalue weighted by Crippen LogP contribution is 2.36. The van der Waals surface area contributed by atoms with E-state index in [9.17, 15) is 4.79 Å². The van der Waals surface area contributed by atoms with Crippen LogP contribution in [0.4, 0.5) is 0 Å². The molecule has 4 aromatic rings. The Kier molecular flexibility index (Phi) is 6.24. The summed E-state index contributed by atoms with van der Waals surface area (Å²) in [6.45, 7) is 4.31. The third kappa shape index (κ3) is 4.11. The van der Waals surface area contributed by atoms with Gasteiger partial charge in [-0.2, -0.15) is 14.5 Å². The van der Waals surface area contributed by atoms with Crippen LogP contribution in [-0.2, 0) is 27.1 Å². The van der Waals surface area contributed by atoms with Crippen LogP contribution in [0.15, 0.2) is 41.2 Å². The zero-order chi connectivity index (χ0) is 23.7. The Morgan fingerprint density at radius 3 is 2.48 bits per heavy atom. The number of aromatic nitrogens is 6. The number of nitrogens with zero attached hydrogens (tertiary/aromatic N) is 6. The van der Waals surface area contributed by atoms with Gasteiger partial charge in [-0.15, -0.1) is 0 Å². The molecule has 4 rings (SSSR count). The highest BCUT2D eigenvalue weighted by molar-refractivity contribution is 6.34. The van der Waals surface area contributed by atoms with Gasteiger partial charge in [0.25, 0.3) is 0 Å². The van der Waals surface area contributed by atoms with Crippen LogP contribution in [0.5, 0.6) is 11.6 Å². The largest absolute Gasteiger partial charge is 0.489 e. The summed E-state index contributed by atoms with van der Waals surface area (Å²) in [4.78, 5) is 12.4. The van der Waals surface area contributed by atoms with Crippen LogP contribution >= 0.6 is 11.6 Å². The van der Waals surface area contributed by atoms with Gasteiger partial charge in [-0.3, -0.25) is 0 Å². The van der Waals surface area contributed by atoms with Crippen LogP contribution < -0.4 is 15.2 Å². The maximum absolute atomic E-state index is 12.4. The predicted octanol–water partition coefficient (Wildman–Crippen LogP) is 3.48. The fraction of sp³-hybridized carbons (Fsp3) is 0.304. The average Bonchev–Trinajstić information content (AvgIpc) is 3.29. The lowest BCUT2D eigenvalue weighted by Crippen LogP contribution is -2.23. The van der Waals surface area contributed by atoms with Gasteiger partial charge < -0.3 is 9.47 Å². The Labute approximate surface area is 196 Å². The Morgan fingerprint density at radius 2 is 1.88 bits per heavy atom. The van der Waals surface area contributed by atoms with Crippen LogP contribution in [0.3, 0.4) is 0 Å². The zero-order valence-corrected chi connectivity index (χ0v) is 19.9. The van der Waals surface area contributed by atoms with Crippen LogP contribution in [0.1, 0.15) is 23.6 Å². The average molecular weight is 469 g/mol. The first-order valence-corrected chi connectivity index (χ1v) is 10.8. The predicted molar refractivity (Wildman–Crippen MR) is 125 cm³/mol. The second kappa shape index (κ2) is 9.11. The van der Waals surface area contributed by atoms with Gasteiger partial charge in [0.1, 0.15) is 23.1 Å². The van der Waals surface area contributed by atoms with Crippen LogP contribution in [0, 0.1) is 6.92 Å². The number of ether oxygens (including phenoxy) is 2. The lowest BCUT2D eigenvalue weighted by Gasteiger charge is -2.15. The molecule has 0 radical (unpaired) electrons. The molecular formula is C23H25ClN6O3. The Hall–Kier alpha value is -3.59. The number of aryl methyl sites for hydroxylation is 4. The quantitative estimate of drug-likeness (QED) is 0.412. The molecule has 2 aromatic heterocycles. The molecule has 0 saturated heterocycles. The first kappa shape index (κ1) is 22.6. The van der Waals surface area contributed by atoms with Crippen LogP contribution in [0.25, 0.3) is 16.9 Å². The fourth-order valence-corrected chi connectivity index (χ4v) is 4.13. The highest BCUT2D eigenvalue weighted by Gasteiger charge is 2.18. The summed E-state index contributed by atoms with van der Waals surface area (Å²) in [5.41, 5.74) is 4.76. The van der Waals surface area contributed by atoms with Crippen molar-refractivity contribution in [2.45, 2.75) is 26.9 Å². The molecule has 2 heterocycles. The Morgan fingerprint density at radius 1 is 1.09 bits per heavy atom. The molecule has 0 N–H and O–H groups in total. The summed E-state index contributed by atoms with van der Waals surface area (Å²) in [7, 11) is 4.91. The minimum Gasteiger partial charge on any atom is -0.489 e. The van der Waals surface area contributed by atoms with Gasteiger partial charge in [0.15, 0.2) is 0 Å². The van der Waals surface area contributed by atoms with Crippen molar-refractivity contribution in [3.63, 3.8) is 0 Å². The lowest BCUT2D eigenvalue weighted by atomic mass is 10.0. The number of hydrogen-bond acceptors (Lipinski definition) is 6. The molecule has 33 heavy (non-hydrogen) atoms. The van der Waals surface area contributed by atoms with E-state index in [1.54, 1.807) is 25.9 Å². The lowest BCUT2D eigenvalue weighted by molar-refractivity contribution is 0.302. The van der Waals surface area contributed by atoms with E-state index in [1.807, 2.05) is 43.3 Å². The van der Waals surface area contributed by atoms with Crippen molar-refractivity contribution in [1.82, 2.24) is 29.6 Å². The third-order valence-corrected chi connectivity index (χ3v) is 5.87. The van der Waals surface area contributed by atoms with Gasteiger partial charge >= 0.3 is 5.69 Å². The van der Waals surface area contributed by atoms with Gasteiger partial charge in [0.2, 0.25) is 5.88 Å². The van der Waals surface area contributed by atoms with Crippen molar-refractivity contribution in [2.75, 3.05) is 7.11 Å². The molecule has 10 heteroatoms. The van der Waals surface area contributed by atoms with Crippen LogP contribution in [-0.4, -0.2) is 36.7 Å². The molecule has 0 spiro atoms. The number of methoxy groups -OCH3 is 1. The molecule has 172 valence electrons. The molecule has 0 unspecified atom stereocenters. The summed E-state index contributed by atoms with van der Waals surface area (Å²) in [6, 6.07) is 11.6. The molecule has 9 nitrogen and oxygen atoms in total. The second-order valence-corrected chi connectivity index (χ2v) is 8.01. The molecule has 0 amide bonds.